The van der Waals surface area contributed by atoms with Gasteiger partial charge in [0.15, 0.2) is 0 Å². The molecule has 7 nitrogen and oxygen atoms in total. The lowest BCUT2D eigenvalue weighted by Crippen LogP contribution is -2.51. The highest BCUT2D eigenvalue weighted by atomic mass is 16.5. The van der Waals surface area contributed by atoms with Crippen molar-refractivity contribution in [3.05, 3.63) is 54.1 Å². The molecule has 1 aliphatic heterocycles. The summed E-state index contributed by atoms with van der Waals surface area (Å²) in [5.74, 6) is 0.971. The van der Waals surface area contributed by atoms with Crippen LogP contribution in [0.25, 0.3) is 0 Å². The monoisotopic (exact) mass is 369 g/mol. The van der Waals surface area contributed by atoms with Gasteiger partial charge in [-0.2, -0.15) is 0 Å². The number of methoxy groups -OCH3 is 2. The highest BCUT2D eigenvalue weighted by molar-refractivity contribution is 5.97. The van der Waals surface area contributed by atoms with Gasteiger partial charge in [-0.3, -0.25) is 4.79 Å². The first kappa shape index (κ1) is 18.6. The molecular formula is C20H23N3O4. The highest BCUT2D eigenvalue weighted by Crippen LogP contribution is 2.25. The minimum atomic E-state index is -0.160. The molecule has 3 amide bonds. The number of amides is 3. The van der Waals surface area contributed by atoms with Crippen molar-refractivity contribution in [3.8, 4) is 11.5 Å². The maximum Gasteiger partial charge on any atom is 0.321 e. The molecule has 0 aliphatic carbocycles. The maximum absolute atomic E-state index is 12.9. The molecule has 0 bridgehead atoms. The minimum Gasteiger partial charge on any atom is -0.497 e. The molecule has 0 atom stereocenters. The van der Waals surface area contributed by atoms with Crippen molar-refractivity contribution in [2.45, 2.75) is 0 Å². The Morgan fingerprint density at radius 2 is 1.56 bits per heavy atom. The number of urea groups is 1. The molecule has 0 unspecified atom stereocenters. The molecule has 1 aliphatic rings. The Balaban J connectivity index is 1.62. The first-order chi connectivity index (χ1) is 13.1. The zero-order chi connectivity index (χ0) is 19.2. The van der Waals surface area contributed by atoms with E-state index < -0.39 is 0 Å². The summed E-state index contributed by atoms with van der Waals surface area (Å²) in [6.07, 6.45) is 0. The summed E-state index contributed by atoms with van der Waals surface area (Å²) >= 11 is 0. The molecule has 1 N–H and O–H groups in total. The van der Waals surface area contributed by atoms with E-state index in [0.717, 1.165) is 5.69 Å². The standard InChI is InChI=1S/C20H23N3O4/c1-26-16-8-9-18(27-2)17(14-16)19(24)22-10-12-23(13-11-22)20(25)21-15-6-4-3-5-7-15/h3-9,14H,10-13H2,1-2H3,(H,21,25). The van der Waals surface area contributed by atoms with Crippen LogP contribution < -0.4 is 14.8 Å². The van der Waals surface area contributed by atoms with Gasteiger partial charge in [-0.25, -0.2) is 4.79 Å². The zero-order valence-corrected chi connectivity index (χ0v) is 15.5. The third kappa shape index (κ3) is 4.31. The number of carbonyl (C=O) groups excluding carboxylic acids is 2. The topological polar surface area (TPSA) is 71.1 Å². The van der Waals surface area contributed by atoms with Gasteiger partial charge in [-0.1, -0.05) is 18.2 Å². The molecule has 2 aromatic carbocycles. The lowest BCUT2D eigenvalue weighted by Gasteiger charge is -2.35. The quantitative estimate of drug-likeness (QED) is 0.900. The number of para-hydroxylation sites is 1. The maximum atomic E-state index is 12.9. The number of nitrogens with zero attached hydrogens (tertiary/aromatic N) is 2. The number of hydrogen-bond donors (Lipinski definition) is 1. The number of piperazine rings is 1. The Bertz CT molecular complexity index is 802. The number of ether oxygens (including phenoxy) is 2. The van der Waals surface area contributed by atoms with E-state index in [2.05, 4.69) is 5.32 Å². The van der Waals surface area contributed by atoms with Gasteiger partial charge in [0.1, 0.15) is 11.5 Å². The van der Waals surface area contributed by atoms with Crippen LogP contribution in [-0.4, -0.2) is 62.1 Å². The van der Waals surface area contributed by atoms with Crippen molar-refractivity contribution in [2.24, 2.45) is 0 Å². The third-order valence-electron chi connectivity index (χ3n) is 4.52. The number of carbonyl (C=O) groups is 2. The van der Waals surface area contributed by atoms with Crippen LogP contribution in [0.5, 0.6) is 11.5 Å². The van der Waals surface area contributed by atoms with Crippen molar-refractivity contribution >= 4 is 17.6 Å². The van der Waals surface area contributed by atoms with Crippen molar-refractivity contribution in [1.82, 2.24) is 9.80 Å². The molecule has 3 rings (SSSR count). The second kappa shape index (κ2) is 8.44. The molecule has 1 saturated heterocycles. The molecule has 2 aromatic rings. The third-order valence-corrected chi connectivity index (χ3v) is 4.52. The summed E-state index contributed by atoms with van der Waals surface area (Å²) in [5.41, 5.74) is 1.21. The first-order valence-electron chi connectivity index (χ1n) is 8.74. The summed E-state index contributed by atoms with van der Waals surface area (Å²) in [7, 11) is 3.09. The lowest BCUT2D eigenvalue weighted by molar-refractivity contribution is 0.0668. The van der Waals surface area contributed by atoms with Gasteiger partial charge in [0, 0.05) is 31.9 Å². The Labute approximate surface area is 158 Å². The van der Waals surface area contributed by atoms with E-state index in [1.54, 1.807) is 35.1 Å². The largest absolute Gasteiger partial charge is 0.497 e. The van der Waals surface area contributed by atoms with Gasteiger partial charge in [0.2, 0.25) is 0 Å². The van der Waals surface area contributed by atoms with E-state index in [4.69, 9.17) is 9.47 Å². The number of nitrogens with one attached hydrogen (secondary N) is 1. The van der Waals surface area contributed by atoms with E-state index in [-0.39, 0.29) is 11.9 Å². The molecule has 0 saturated carbocycles. The van der Waals surface area contributed by atoms with Gasteiger partial charge in [0.05, 0.1) is 19.8 Å². The molecule has 1 heterocycles. The zero-order valence-electron chi connectivity index (χ0n) is 15.5. The smallest absolute Gasteiger partial charge is 0.321 e. The number of benzene rings is 2. The first-order valence-corrected chi connectivity index (χ1v) is 8.74. The molecule has 0 radical (unpaired) electrons. The van der Waals surface area contributed by atoms with Gasteiger partial charge in [-0.05, 0) is 30.3 Å². The highest BCUT2D eigenvalue weighted by Gasteiger charge is 2.26. The molecule has 1 fully saturated rings. The fraction of sp³-hybridized carbons (Fsp3) is 0.300. The van der Waals surface area contributed by atoms with Crippen LogP contribution in [0.4, 0.5) is 10.5 Å². The van der Waals surface area contributed by atoms with Crippen LogP contribution in [0.1, 0.15) is 10.4 Å². The molecular weight excluding hydrogens is 346 g/mol. The Morgan fingerprint density at radius 3 is 2.19 bits per heavy atom. The number of anilines is 1. The molecule has 27 heavy (non-hydrogen) atoms. The summed E-state index contributed by atoms with van der Waals surface area (Å²) in [6, 6.07) is 14.3. The van der Waals surface area contributed by atoms with Gasteiger partial charge in [0.25, 0.3) is 5.91 Å². The Kier molecular flexibility index (Phi) is 5.80. The van der Waals surface area contributed by atoms with Crippen molar-refractivity contribution in [1.29, 1.82) is 0 Å². The van der Waals surface area contributed by atoms with E-state index in [1.165, 1.54) is 7.11 Å². The predicted molar refractivity (Wildman–Crippen MR) is 102 cm³/mol. The lowest BCUT2D eigenvalue weighted by atomic mass is 10.1. The fourth-order valence-electron chi connectivity index (χ4n) is 2.99. The second-order valence-electron chi connectivity index (χ2n) is 6.14. The van der Waals surface area contributed by atoms with E-state index in [0.29, 0.717) is 43.2 Å². The van der Waals surface area contributed by atoms with E-state index >= 15 is 0 Å². The van der Waals surface area contributed by atoms with Crippen molar-refractivity contribution < 1.29 is 19.1 Å². The summed E-state index contributed by atoms with van der Waals surface area (Å²) in [6.45, 7) is 1.86. The molecule has 142 valence electrons. The molecule has 7 heteroatoms. The molecule has 0 aromatic heterocycles. The van der Waals surface area contributed by atoms with E-state index in [1.807, 2.05) is 30.3 Å². The Morgan fingerprint density at radius 1 is 0.889 bits per heavy atom. The average Bonchev–Trinajstić information content (AvgIpc) is 2.73. The number of rotatable bonds is 4. The van der Waals surface area contributed by atoms with Crippen LogP contribution in [0, 0.1) is 0 Å². The average molecular weight is 369 g/mol. The Hall–Kier alpha value is -3.22. The second-order valence-corrected chi connectivity index (χ2v) is 6.14. The molecule has 0 spiro atoms. The van der Waals surface area contributed by atoms with Gasteiger partial charge >= 0.3 is 6.03 Å². The summed E-state index contributed by atoms with van der Waals surface area (Å²) in [5, 5.41) is 2.87. The van der Waals surface area contributed by atoms with Crippen molar-refractivity contribution in [3.63, 3.8) is 0 Å². The van der Waals surface area contributed by atoms with Crippen LogP contribution in [-0.2, 0) is 0 Å². The predicted octanol–water partition coefficient (Wildman–Crippen LogP) is 2.69. The van der Waals surface area contributed by atoms with Crippen LogP contribution in [0.2, 0.25) is 0 Å². The van der Waals surface area contributed by atoms with Crippen molar-refractivity contribution in [2.75, 3.05) is 45.7 Å². The van der Waals surface area contributed by atoms with Gasteiger partial charge in [-0.15, -0.1) is 0 Å². The summed E-state index contributed by atoms with van der Waals surface area (Å²) < 4.78 is 10.5. The SMILES string of the molecule is COc1ccc(OC)c(C(=O)N2CCN(C(=O)Nc3ccccc3)CC2)c1. The van der Waals surface area contributed by atoms with Crippen LogP contribution in [0.15, 0.2) is 48.5 Å². The van der Waals surface area contributed by atoms with Crippen LogP contribution in [0.3, 0.4) is 0 Å². The number of hydrogen-bond acceptors (Lipinski definition) is 4. The minimum absolute atomic E-state index is 0.131. The van der Waals surface area contributed by atoms with Crippen LogP contribution >= 0.6 is 0 Å². The normalized spacial score (nSPS) is 13.9. The van der Waals surface area contributed by atoms with E-state index in [9.17, 15) is 9.59 Å². The van der Waals surface area contributed by atoms with Gasteiger partial charge < -0.3 is 24.6 Å². The summed E-state index contributed by atoms with van der Waals surface area (Å²) in [4.78, 5) is 28.7. The fourth-order valence-corrected chi connectivity index (χ4v) is 2.99.